The quantitative estimate of drug-likeness (QED) is 0.645. The Morgan fingerprint density at radius 2 is 2.00 bits per heavy atom. The van der Waals surface area contributed by atoms with Crippen molar-refractivity contribution < 1.29 is 0 Å². The van der Waals surface area contributed by atoms with E-state index in [0.717, 1.165) is 0 Å². The van der Waals surface area contributed by atoms with Crippen LogP contribution in [0.4, 0.5) is 0 Å². The zero-order valence-electron chi connectivity index (χ0n) is 8.80. The molecular weight excluding hydrogens is 148 g/mol. The summed E-state index contributed by atoms with van der Waals surface area (Å²) in [4.78, 5) is 2.53. The van der Waals surface area contributed by atoms with Crippen LogP contribution in [-0.2, 0) is 0 Å². The maximum atomic E-state index is 5.88. The van der Waals surface area contributed by atoms with Crippen LogP contribution in [0.25, 0.3) is 0 Å². The predicted molar refractivity (Wildman–Crippen MR) is 53.1 cm³/mol. The second kappa shape index (κ2) is 3.35. The molecule has 0 aliphatic carbocycles. The summed E-state index contributed by atoms with van der Waals surface area (Å²) in [5.41, 5.74) is 6.20. The molecule has 1 heterocycles. The van der Waals surface area contributed by atoms with E-state index in [-0.39, 0.29) is 0 Å². The molecule has 0 radical (unpaired) electrons. The van der Waals surface area contributed by atoms with Crippen LogP contribution in [0.5, 0.6) is 0 Å². The molecule has 1 aliphatic heterocycles. The zero-order chi connectivity index (χ0) is 9.35. The van der Waals surface area contributed by atoms with Gasteiger partial charge in [-0.15, -0.1) is 0 Å². The SMILES string of the molecule is C[C@H](N)[C@H]1CCN(C(C)(C)C)C1. The summed E-state index contributed by atoms with van der Waals surface area (Å²) in [7, 11) is 0. The smallest absolute Gasteiger partial charge is 0.0125 e. The molecule has 2 N–H and O–H groups in total. The van der Waals surface area contributed by atoms with E-state index in [9.17, 15) is 0 Å². The monoisotopic (exact) mass is 170 g/mol. The van der Waals surface area contributed by atoms with Crippen molar-refractivity contribution in [1.82, 2.24) is 4.90 Å². The third-order valence-corrected chi connectivity index (χ3v) is 2.92. The van der Waals surface area contributed by atoms with E-state index >= 15 is 0 Å². The van der Waals surface area contributed by atoms with Gasteiger partial charge in [-0.3, -0.25) is 4.90 Å². The van der Waals surface area contributed by atoms with Gasteiger partial charge in [0.15, 0.2) is 0 Å². The van der Waals surface area contributed by atoms with Gasteiger partial charge < -0.3 is 5.73 Å². The summed E-state index contributed by atoms with van der Waals surface area (Å²) >= 11 is 0. The van der Waals surface area contributed by atoms with Gasteiger partial charge >= 0.3 is 0 Å². The summed E-state index contributed by atoms with van der Waals surface area (Å²) in [6.45, 7) is 11.3. The number of hydrogen-bond acceptors (Lipinski definition) is 2. The van der Waals surface area contributed by atoms with Crippen molar-refractivity contribution >= 4 is 0 Å². The maximum absolute atomic E-state index is 5.88. The van der Waals surface area contributed by atoms with Gasteiger partial charge in [-0.25, -0.2) is 0 Å². The largest absolute Gasteiger partial charge is 0.328 e. The highest BCUT2D eigenvalue weighted by molar-refractivity contribution is 4.87. The summed E-state index contributed by atoms with van der Waals surface area (Å²) < 4.78 is 0. The maximum Gasteiger partial charge on any atom is 0.0125 e. The van der Waals surface area contributed by atoms with Crippen LogP contribution in [0, 0.1) is 5.92 Å². The van der Waals surface area contributed by atoms with E-state index in [4.69, 9.17) is 5.73 Å². The first kappa shape index (κ1) is 10.0. The summed E-state index contributed by atoms with van der Waals surface area (Å²) in [5, 5.41) is 0. The van der Waals surface area contributed by atoms with E-state index in [2.05, 4.69) is 32.6 Å². The van der Waals surface area contributed by atoms with Crippen LogP contribution in [-0.4, -0.2) is 29.6 Å². The lowest BCUT2D eigenvalue weighted by Crippen LogP contribution is -2.40. The molecule has 72 valence electrons. The van der Waals surface area contributed by atoms with Crippen molar-refractivity contribution in [1.29, 1.82) is 0 Å². The highest BCUT2D eigenvalue weighted by Gasteiger charge is 2.31. The molecule has 0 aromatic carbocycles. The lowest BCUT2D eigenvalue weighted by molar-refractivity contribution is 0.166. The standard InChI is InChI=1S/C10H22N2/c1-8(11)9-5-6-12(7-9)10(2,3)4/h8-9H,5-7,11H2,1-4H3/t8-,9-/m0/s1. The van der Waals surface area contributed by atoms with E-state index in [1.165, 1.54) is 19.5 Å². The first-order valence-corrected chi connectivity index (χ1v) is 4.92. The molecule has 0 aromatic rings. The fraction of sp³-hybridized carbons (Fsp3) is 1.00. The summed E-state index contributed by atoms with van der Waals surface area (Å²) in [6.07, 6.45) is 1.27. The molecule has 0 spiro atoms. The first-order chi connectivity index (χ1) is 5.41. The van der Waals surface area contributed by atoms with Crippen LogP contribution in [0.15, 0.2) is 0 Å². The molecular formula is C10H22N2. The number of hydrogen-bond donors (Lipinski definition) is 1. The van der Waals surface area contributed by atoms with E-state index in [1.54, 1.807) is 0 Å². The van der Waals surface area contributed by atoms with Crippen LogP contribution in [0.1, 0.15) is 34.1 Å². The Labute approximate surface area is 76.1 Å². The molecule has 12 heavy (non-hydrogen) atoms. The number of nitrogens with zero attached hydrogens (tertiary/aromatic N) is 1. The average Bonchev–Trinajstić information content (AvgIpc) is 2.30. The summed E-state index contributed by atoms with van der Waals surface area (Å²) in [6, 6.07) is 0.359. The molecule has 1 aliphatic rings. The first-order valence-electron chi connectivity index (χ1n) is 4.92. The van der Waals surface area contributed by atoms with Crippen molar-refractivity contribution in [2.75, 3.05) is 13.1 Å². The Hall–Kier alpha value is -0.0800. The second-order valence-corrected chi connectivity index (χ2v) is 5.02. The number of rotatable bonds is 1. The Bertz CT molecular complexity index is 146. The molecule has 0 aromatic heterocycles. The molecule has 1 saturated heterocycles. The lowest BCUT2D eigenvalue weighted by atomic mass is 10.0. The van der Waals surface area contributed by atoms with E-state index in [0.29, 0.717) is 17.5 Å². The lowest BCUT2D eigenvalue weighted by Gasteiger charge is -2.32. The molecule has 2 atom stereocenters. The Kier molecular flexibility index (Phi) is 2.79. The molecule has 0 amide bonds. The van der Waals surface area contributed by atoms with Gasteiger partial charge in [0.1, 0.15) is 0 Å². The average molecular weight is 170 g/mol. The molecule has 0 saturated carbocycles. The van der Waals surface area contributed by atoms with Crippen LogP contribution < -0.4 is 5.73 Å². The van der Waals surface area contributed by atoms with E-state index < -0.39 is 0 Å². The van der Waals surface area contributed by atoms with Crippen molar-refractivity contribution in [3.05, 3.63) is 0 Å². The Morgan fingerprint density at radius 1 is 1.42 bits per heavy atom. The van der Waals surface area contributed by atoms with Gasteiger partial charge in [0, 0.05) is 18.1 Å². The van der Waals surface area contributed by atoms with Crippen molar-refractivity contribution in [2.24, 2.45) is 11.7 Å². The van der Waals surface area contributed by atoms with Gasteiger partial charge in [0.25, 0.3) is 0 Å². The van der Waals surface area contributed by atoms with Gasteiger partial charge in [0.2, 0.25) is 0 Å². The topological polar surface area (TPSA) is 29.3 Å². The fourth-order valence-electron chi connectivity index (χ4n) is 1.83. The predicted octanol–water partition coefficient (Wildman–Crippen LogP) is 1.45. The zero-order valence-corrected chi connectivity index (χ0v) is 8.80. The van der Waals surface area contributed by atoms with Crippen LogP contribution in [0.3, 0.4) is 0 Å². The molecule has 0 bridgehead atoms. The summed E-state index contributed by atoms with van der Waals surface area (Å²) in [5.74, 6) is 0.712. The van der Waals surface area contributed by atoms with Crippen molar-refractivity contribution in [3.8, 4) is 0 Å². The van der Waals surface area contributed by atoms with Crippen molar-refractivity contribution in [3.63, 3.8) is 0 Å². The van der Waals surface area contributed by atoms with Crippen LogP contribution in [0.2, 0.25) is 0 Å². The van der Waals surface area contributed by atoms with Gasteiger partial charge in [-0.1, -0.05) is 0 Å². The molecule has 2 heteroatoms. The number of likely N-dealkylation sites (tertiary alicyclic amines) is 1. The molecule has 1 fully saturated rings. The second-order valence-electron chi connectivity index (χ2n) is 5.02. The third-order valence-electron chi connectivity index (χ3n) is 2.92. The van der Waals surface area contributed by atoms with E-state index in [1.807, 2.05) is 0 Å². The minimum absolute atomic E-state index is 0.323. The Balaban J connectivity index is 2.46. The minimum Gasteiger partial charge on any atom is -0.328 e. The molecule has 0 unspecified atom stereocenters. The highest BCUT2D eigenvalue weighted by atomic mass is 15.2. The number of nitrogens with two attached hydrogens (primary N) is 1. The molecule has 1 rings (SSSR count). The third kappa shape index (κ3) is 2.20. The van der Waals surface area contributed by atoms with Gasteiger partial charge in [-0.05, 0) is 46.6 Å². The highest BCUT2D eigenvalue weighted by Crippen LogP contribution is 2.25. The normalized spacial score (nSPS) is 29.2. The fourth-order valence-corrected chi connectivity index (χ4v) is 1.83. The van der Waals surface area contributed by atoms with Gasteiger partial charge in [-0.2, -0.15) is 0 Å². The minimum atomic E-state index is 0.323. The van der Waals surface area contributed by atoms with Gasteiger partial charge in [0.05, 0.1) is 0 Å². The van der Waals surface area contributed by atoms with Crippen molar-refractivity contribution in [2.45, 2.75) is 45.7 Å². The van der Waals surface area contributed by atoms with Crippen LogP contribution >= 0.6 is 0 Å². The Morgan fingerprint density at radius 3 is 2.25 bits per heavy atom. The molecule has 2 nitrogen and oxygen atoms in total.